The first kappa shape index (κ1) is 19.1. The van der Waals surface area contributed by atoms with Gasteiger partial charge in [0, 0.05) is 18.7 Å². The average molecular weight is 387 g/mol. The van der Waals surface area contributed by atoms with Crippen LogP contribution in [0.1, 0.15) is 35.2 Å². The molecule has 0 spiro atoms. The number of amides is 1. The molecule has 0 atom stereocenters. The van der Waals surface area contributed by atoms with Gasteiger partial charge in [-0.05, 0) is 60.9 Å². The van der Waals surface area contributed by atoms with E-state index in [1.165, 1.54) is 34.8 Å². The molecule has 0 unspecified atom stereocenters. The number of carbonyl (C=O) groups excluding carboxylic acids is 1. The quantitative estimate of drug-likeness (QED) is 0.608. The van der Waals surface area contributed by atoms with Crippen LogP contribution in [-0.4, -0.2) is 43.0 Å². The number of sulfonamides is 1. The molecule has 8 heteroatoms. The molecule has 1 fully saturated rings. The Morgan fingerprint density at radius 3 is 2.48 bits per heavy atom. The molecule has 1 aliphatic rings. The van der Waals surface area contributed by atoms with Crippen molar-refractivity contribution in [1.82, 2.24) is 9.73 Å². The van der Waals surface area contributed by atoms with Crippen molar-refractivity contribution < 1.29 is 18.3 Å². The van der Waals surface area contributed by atoms with Gasteiger partial charge < -0.3 is 5.11 Å². The maximum Gasteiger partial charge on any atom is 0.271 e. The zero-order valence-corrected chi connectivity index (χ0v) is 15.5. The molecule has 1 aliphatic heterocycles. The van der Waals surface area contributed by atoms with Crippen molar-refractivity contribution in [2.75, 3.05) is 13.1 Å². The molecular formula is C19H21N3O4S. The molecule has 2 N–H and O–H groups in total. The number of hydrazone groups is 1. The number of rotatable bonds is 5. The van der Waals surface area contributed by atoms with Gasteiger partial charge >= 0.3 is 0 Å². The molecule has 3 rings (SSSR count). The molecule has 0 bridgehead atoms. The topological polar surface area (TPSA) is 99.1 Å². The van der Waals surface area contributed by atoms with Crippen molar-refractivity contribution in [1.29, 1.82) is 0 Å². The number of piperidine rings is 1. The molecular weight excluding hydrogens is 366 g/mol. The summed E-state index contributed by atoms with van der Waals surface area (Å²) in [5.74, 6) is -0.358. The second-order valence-electron chi connectivity index (χ2n) is 6.28. The van der Waals surface area contributed by atoms with Gasteiger partial charge in [-0.1, -0.05) is 12.5 Å². The highest BCUT2D eigenvalue weighted by molar-refractivity contribution is 7.89. The van der Waals surface area contributed by atoms with Gasteiger partial charge in [0.15, 0.2) is 0 Å². The lowest BCUT2D eigenvalue weighted by Gasteiger charge is -2.25. The van der Waals surface area contributed by atoms with Crippen molar-refractivity contribution in [3.05, 3.63) is 59.7 Å². The molecule has 0 radical (unpaired) electrons. The average Bonchev–Trinajstić information content (AvgIpc) is 2.70. The zero-order valence-electron chi connectivity index (χ0n) is 14.7. The van der Waals surface area contributed by atoms with E-state index in [9.17, 15) is 18.3 Å². The van der Waals surface area contributed by atoms with Gasteiger partial charge in [0.25, 0.3) is 5.91 Å². The zero-order chi connectivity index (χ0) is 19.3. The predicted molar refractivity (Wildman–Crippen MR) is 102 cm³/mol. The van der Waals surface area contributed by atoms with E-state index in [1.54, 1.807) is 24.3 Å². The van der Waals surface area contributed by atoms with Crippen LogP contribution >= 0.6 is 0 Å². The van der Waals surface area contributed by atoms with E-state index < -0.39 is 15.9 Å². The number of hydrogen-bond acceptors (Lipinski definition) is 5. The van der Waals surface area contributed by atoms with Gasteiger partial charge in [-0.15, -0.1) is 0 Å². The van der Waals surface area contributed by atoms with Gasteiger partial charge in [0.2, 0.25) is 10.0 Å². The van der Waals surface area contributed by atoms with E-state index in [1.807, 2.05) is 0 Å². The Morgan fingerprint density at radius 2 is 1.78 bits per heavy atom. The Balaban J connectivity index is 1.70. The Labute approximate surface area is 158 Å². The normalized spacial score (nSPS) is 15.7. The summed E-state index contributed by atoms with van der Waals surface area (Å²) < 4.78 is 26.9. The molecule has 142 valence electrons. The Kier molecular flexibility index (Phi) is 5.88. The lowest BCUT2D eigenvalue weighted by atomic mass is 10.2. The van der Waals surface area contributed by atoms with Crippen molar-refractivity contribution in [3.8, 4) is 5.75 Å². The summed E-state index contributed by atoms with van der Waals surface area (Å²) in [6.45, 7) is 1.02. The van der Waals surface area contributed by atoms with Crippen LogP contribution in [0.25, 0.3) is 0 Å². The van der Waals surface area contributed by atoms with Crippen LogP contribution < -0.4 is 5.43 Å². The van der Waals surface area contributed by atoms with Gasteiger partial charge in [0.05, 0.1) is 11.1 Å². The van der Waals surface area contributed by atoms with Crippen LogP contribution in [0.4, 0.5) is 0 Å². The number of nitrogens with zero attached hydrogens (tertiary/aromatic N) is 2. The van der Waals surface area contributed by atoms with E-state index in [0.717, 1.165) is 19.3 Å². The smallest absolute Gasteiger partial charge is 0.271 e. The van der Waals surface area contributed by atoms with Crippen LogP contribution in [-0.2, 0) is 10.0 Å². The molecule has 2 aromatic carbocycles. The van der Waals surface area contributed by atoms with Crippen LogP contribution in [0.3, 0.4) is 0 Å². The number of nitrogens with one attached hydrogen (secondary N) is 1. The number of benzene rings is 2. The van der Waals surface area contributed by atoms with Crippen molar-refractivity contribution in [2.24, 2.45) is 5.10 Å². The number of phenols is 1. The second-order valence-corrected chi connectivity index (χ2v) is 8.22. The third-order valence-electron chi connectivity index (χ3n) is 4.32. The maximum atomic E-state index is 12.7. The Hall–Kier alpha value is -2.71. The van der Waals surface area contributed by atoms with E-state index in [-0.39, 0.29) is 16.2 Å². The minimum atomic E-state index is -3.59. The van der Waals surface area contributed by atoms with E-state index in [4.69, 9.17) is 0 Å². The summed E-state index contributed by atoms with van der Waals surface area (Å²) in [4.78, 5) is 12.4. The molecule has 1 saturated heterocycles. The fourth-order valence-electron chi connectivity index (χ4n) is 2.84. The summed E-state index contributed by atoms with van der Waals surface area (Å²) in [5, 5.41) is 13.1. The third-order valence-corrected chi connectivity index (χ3v) is 6.22. The van der Waals surface area contributed by atoms with E-state index >= 15 is 0 Å². The first-order chi connectivity index (χ1) is 13.0. The SMILES string of the molecule is O=C(NN=Cc1ccc(O)cc1)c1cccc(S(=O)(=O)N2CCCCC2)c1. The molecule has 1 heterocycles. The highest BCUT2D eigenvalue weighted by Gasteiger charge is 2.26. The summed E-state index contributed by atoms with van der Waals surface area (Å²) in [6, 6.07) is 12.3. The lowest BCUT2D eigenvalue weighted by Crippen LogP contribution is -2.35. The maximum absolute atomic E-state index is 12.7. The summed E-state index contributed by atoms with van der Waals surface area (Å²) >= 11 is 0. The molecule has 0 aromatic heterocycles. The Bertz CT molecular complexity index is 934. The largest absolute Gasteiger partial charge is 0.508 e. The number of hydrogen-bond donors (Lipinski definition) is 2. The standard InChI is InChI=1S/C19H21N3O4S/c23-17-9-7-15(8-10-17)14-20-21-19(24)16-5-4-6-18(13-16)27(25,26)22-11-2-1-3-12-22/h4-10,13-14,23H,1-3,11-12H2,(H,21,24). The first-order valence-electron chi connectivity index (χ1n) is 8.69. The lowest BCUT2D eigenvalue weighted by molar-refractivity contribution is 0.0955. The van der Waals surface area contributed by atoms with Gasteiger partial charge in [0.1, 0.15) is 5.75 Å². The van der Waals surface area contributed by atoms with Crippen molar-refractivity contribution in [2.45, 2.75) is 24.2 Å². The Morgan fingerprint density at radius 1 is 1.07 bits per heavy atom. The highest BCUT2D eigenvalue weighted by atomic mass is 32.2. The van der Waals surface area contributed by atoms with Crippen LogP contribution in [0.15, 0.2) is 58.5 Å². The predicted octanol–water partition coefficient (Wildman–Crippen LogP) is 2.33. The van der Waals surface area contributed by atoms with Crippen LogP contribution in [0, 0.1) is 0 Å². The van der Waals surface area contributed by atoms with Crippen molar-refractivity contribution >= 4 is 22.1 Å². The molecule has 2 aromatic rings. The van der Waals surface area contributed by atoms with Gasteiger partial charge in [-0.25, -0.2) is 13.8 Å². The summed E-state index contributed by atoms with van der Waals surface area (Å²) in [7, 11) is -3.59. The van der Waals surface area contributed by atoms with Gasteiger partial charge in [-0.3, -0.25) is 4.79 Å². The summed E-state index contributed by atoms with van der Waals surface area (Å²) in [6.07, 6.45) is 4.18. The fraction of sp³-hybridized carbons (Fsp3) is 0.263. The minimum Gasteiger partial charge on any atom is -0.508 e. The second kappa shape index (κ2) is 8.32. The third kappa shape index (κ3) is 4.72. The van der Waals surface area contributed by atoms with Crippen LogP contribution in [0.5, 0.6) is 5.75 Å². The molecule has 1 amide bonds. The van der Waals surface area contributed by atoms with Crippen LogP contribution in [0.2, 0.25) is 0 Å². The molecule has 0 aliphatic carbocycles. The van der Waals surface area contributed by atoms with Gasteiger partial charge in [-0.2, -0.15) is 9.41 Å². The molecule has 27 heavy (non-hydrogen) atoms. The minimum absolute atomic E-state index is 0.111. The summed E-state index contributed by atoms with van der Waals surface area (Å²) in [5.41, 5.74) is 3.30. The fourth-order valence-corrected chi connectivity index (χ4v) is 4.41. The number of aromatic hydroxyl groups is 1. The number of carbonyl (C=O) groups is 1. The van der Waals surface area contributed by atoms with E-state index in [2.05, 4.69) is 10.5 Å². The number of phenolic OH excluding ortho intramolecular Hbond substituents is 1. The van der Waals surface area contributed by atoms with E-state index in [0.29, 0.717) is 18.7 Å². The molecule has 0 saturated carbocycles. The molecule has 7 nitrogen and oxygen atoms in total. The van der Waals surface area contributed by atoms with Crippen molar-refractivity contribution in [3.63, 3.8) is 0 Å². The first-order valence-corrected chi connectivity index (χ1v) is 10.1. The monoisotopic (exact) mass is 387 g/mol. The highest BCUT2D eigenvalue weighted by Crippen LogP contribution is 2.21.